The number of carbonyl (C=O) groups is 1. The summed E-state index contributed by atoms with van der Waals surface area (Å²) in [6, 6.07) is 0. The Kier molecular flexibility index (Phi) is 3.74. The maximum atomic E-state index is 12.0. The van der Waals surface area contributed by atoms with E-state index in [-0.39, 0.29) is 12.0 Å². The van der Waals surface area contributed by atoms with E-state index in [1.807, 2.05) is 51.2 Å². The van der Waals surface area contributed by atoms with Crippen molar-refractivity contribution in [2.24, 2.45) is 5.92 Å². The molecule has 19 heavy (non-hydrogen) atoms. The van der Waals surface area contributed by atoms with Gasteiger partial charge in [-0.2, -0.15) is 0 Å². The highest BCUT2D eigenvalue weighted by atomic mass is 16.6. The van der Waals surface area contributed by atoms with Gasteiger partial charge in [-0.25, -0.2) is 4.79 Å². The quantitative estimate of drug-likeness (QED) is 0.658. The van der Waals surface area contributed by atoms with Gasteiger partial charge in [-0.3, -0.25) is 4.90 Å². The summed E-state index contributed by atoms with van der Waals surface area (Å²) >= 11 is 0. The van der Waals surface area contributed by atoms with Crippen LogP contribution in [0.3, 0.4) is 0 Å². The van der Waals surface area contributed by atoms with Gasteiger partial charge in [0.2, 0.25) is 0 Å². The molecule has 1 heterocycles. The van der Waals surface area contributed by atoms with Crippen LogP contribution >= 0.6 is 0 Å². The van der Waals surface area contributed by atoms with Crippen molar-refractivity contribution in [2.45, 2.75) is 26.4 Å². The van der Waals surface area contributed by atoms with E-state index in [0.717, 1.165) is 0 Å². The van der Waals surface area contributed by atoms with Gasteiger partial charge < -0.3 is 4.74 Å². The molecular weight excluding hydrogens is 238 g/mol. The maximum Gasteiger partial charge on any atom is 0.418 e. The van der Waals surface area contributed by atoms with Gasteiger partial charge in [0, 0.05) is 18.3 Å². The molecule has 0 aromatic rings. The second kappa shape index (κ2) is 5.31. The van der Waals surface area contributed by atoms with Crippen molar-refractivity contribution in [1.29, 1.82) is 0 Å². The topological polar surface area (TPSA) is 29.5 Å². The first kappa shape index (κ1) is 13.4. The van der Waals surface area contributed by atoms with Gasteiger partial charge in [-0.1, -0.05) is 36.5 Å². The molecule has 0 bridgehead atoms. The van der Waals surface area contributed by atoms with Crippen LogP contribution < -0.4 is 0 Å². The van der Waals surface area contributed by atoms with E-state index in [0.29, 0.717) is 0 Å². The summed E-state index contributed by atoms with van der Waals surface area (Å²) in [5.74, 6) is 0.208. The van der Waals surface area contributed by atoms with E-state index in [2.05, 4.69) is 12.2 Å². The Balaban J connectivity index is 2.15. The highest BCUT2D eigenvalue weighted by molar-refractivity contribution is 5.71. The van der Waals surface area contributed by atoms with Crippen molar-refractivity contribution in [3.8, 4) is 0 Å². The Hall–Kier alpha value is -2.03. The van der Waals surface area contributed by atoms with E-state index in [1.54, 1.807) is 12.4 Å². The first-order chi connectivity index (χ1) is 8.96. The summed E-state index contributed by atoms with van der Waals surface area (Å²) in [4.78, 5) is 13.5. The monoisotopic (exact) mass is 257 g/mol. The number of amides is 1. The Morgan fingerprint density at radius 1 is 1.16 bits per heavy atom. The zero-order valence-electron chi connectivity index (χ0n) is 11.5. The maximum absolute atomic E-state index is 12.0. The normalized spacial score (nSPS) is 27.6. The highest BCUT2D eigenvalue weighted by Gasteiger charge is 2.20. The van der Waals surface area contributed by atoms with Gasteiger partial charge in [0.05, 0.1) is 0 Å². The lowest BCUT2D eigenvalue weighted by Gasteiger charge is -2.24. The predicted molar refractivity (Wildman–Crippen MR) is 76.2 cm³/mol. The van der Waals surface area contributed by atoms with Crippen LogP contribution in [0.4, 0.5) is 4.79 Å². The minimum atomic E-state index is -0.490. The molecule has 0 aromatic carbocycles. The molecule has 0 saturated carbocycles. The van der Waals surface area contributed by atoms with Crippen LogP contribution in [0.25, 0.3) is 0 Å². The third-order valence-corrected chi connectivity index (χ3v) is 2.70. The van der Waals surface area contributed by atoms with Crippen LogP contribution in [0.5, 0.6) is 0 Å². The number of hydrogen-bond acceptors (Lipinski definition) is 2. The largest absolute Gasteiger partial charge is 0.443 e. The van der Waals surface area contributed by atoms with E-state index in [4.69, 9.17) is 4.74 Å². The van der Waals surface area contributed by atoms with Crippen LogP contribution in [0.2, 0.25) is 0 Å². The summed E-state index contributed by atoms with van der Waals surface area (Å²) in [5.41, 5.74) is 0.717. The van der Waals surface area contributed by atoms with Crippen molar-refractivity contribution in [1.82, 2.24) is 4.90 Å². The predicted octanol–water partition coefficient (Wildman–Crippen LogP) is 3.93. The molecular formula is C16H19NO2. The van der Waals surface area contributed by atoms with Gasteiger partial charge in [0.15, 0.2) is 0 Å². The number of hydrogen-bond donors (Lipinski definition) is 0. The average Bonchev–Trinajstić information content (AvgIpc) is 2.27. The molecule has 0 spiro atoms. The van der Waals surface area contributed by atoms with E-state index in [9.17, 15) is 4.79 Å². The smallest absolute Gasteiger partial charge is 0.418 e. The molecule has 0 N–H and O–H groups in total. The molecule has 3 nitrogen and oxygen atoms in total. The number of nitrogens with zero attached hydrogens (tertiary/aromatic N) is 1. The molecule has 0 radical (unpaired) electrons. The zero-order valence-corrected chi connectivity index (χ0v) is 11.5. The number of carbonyl (C=O) groups excluding carboxylic acids is 1. The molecule has 2 rings (SSSR count). The van der Waals surface area contributed by atoms with Gasteiger partial charge >= 0.3 is 6.09 Å². The molecule has 1 unspecified atom stereocenters. The third-order valence-electron chi connectivity index (χ3n) is 2.70. The lowest BCUT2D eigenvalue weighted by Crippen LogP contribution is -2.31. The van der Waals surface area contributed by atoms with Crippen LogP contribution in [0, 0.1) is 5.92 Å². The average molecular weight is 257 g/mol. The van der Waals surface area contributed by atoms with E-state index < -0.39 is 5.60 Å². The molecule has 1 aliphatic carbocycles. The summed E-state index contributed by atoms with van der Waals surface area (Å²) in [5, 5.41) is 0. The van der Waals surface area contributed by atoms with Gasteiger partial charge in [0.1, 0.15) is 5.60 Å². The molecule has 1 aliphatic heterocycles. The van der Waals surface area contributed by atoms with Crippen molar-refractivity contribution in [3.63, 3.8) is 0 Å². The van der Waals surface area contributed by atoms with Crippen LogP contribution in [-0.2, 0) is 4.74 Å². The second-order valence-corrected chi connectivity index (χ2v) is 5.51. The second-order valence-electron chi connectivity index (χ2n) is 5.51. The third kappa shape index (κ3) is 3.71. The Labute approximate surface area is 114 Å². The van der Waals surface area contributed by atoms with Gasteiger partial charge in [0.25, 0.3) is 0 Å². The number of rotatable bonds is 0. The van der Waals surface area contributed by atoms with Gasteiger partial charge in [-0.15, -0.1) is 0 Å². The fraction of sp³-hybridized carbons (Fsp3) is 0.312. The molecule has 0 aromatic heterocycles. The van der Waals surface area contributed by atoms with Crippen molar-refractivity contribution in [2.75, 3.05) is 0 Å². The Morgan fingerprint density at radius 2 is 1.95 bits per heavy atom. The summed E-state index contributed by atoms with van der Waals surface area (Å²) in [6.45, 7) is 5.57. The lowest BCUT2D eigenvalue weighted by atomic mass is 9.94. The van der Waals surface area contributed by atoms with Crippen molar-refractivity contribution in [3.05, 3.63) is 60.5 Å². The molecule has 1 amide bonds. The fourth-order valence-corrected chi connectivity index (χ4v) is 1.83. The SMILES string of the molecule is CC(C)(C)OC(=O)N1/C=C\C=C2\C=CC=CC2/C=C\1. The standard InChI is InChI=1S/C16H19NO2/c1-16(2,3)19-15(18)17-11-6-9-13-7-4-5-8-14(13)10-12-17/h4-12,14H,1-3H3/b11-6-,12-10-,13-9-. The number of fused-ring (bicyclic) bond motifs is 1. The number of allylic oxidation sites excluding steroid dienone is 8. The fourth-order valence-electron chi connectivity index (χ4n) is 1.83. The summed E-state index contributed by atoms with van der Waals surface area (Å²) in [6.07, 6.45) is 17.1. The summed E-state index contributed by atoms with van der Waals surface area (Å²) in [7, 11) is 0. The molecule has 0 saturated heterocycles. The lowest BCUT2D eigenvalue weighted by molar-refractivity contribution is 0.0399. The van der Waals surface area contributed by atoms with Crippen LogP contribution in [0.15, 0.2) is 60.5 Å². The first-order valence-corrected chi connectivity index (χ1v) is 6.39. The van der Waals surface area contributed by atoms with Crippen molar-refractivity contribution >= 4 is 6.09 Å². The molecule has 3 heteroatoms. The Bertz CT molecular complexity index is 501. The van der Waals surface area contributed by atoms with E-state index >= 15 is 0 Å². The van der Waals surface area contributed by atoms with Gasteiger partial charge in [-0.05, 0) is 32.4 Å². The Morgan fingerprint density at radius 3 is 2.68 bits per heavy atom. The van der Waals surface area contributed by atoms with Crippen LogP contribution in [0.1, 0.15) is 20.8 Å². The first-order valence-electron chi connectivity index (χ1n) is 6.39. The minimum absolute atomic E-state index is 0.208. The number of ether oxygens (including phenoxy) is 1. The molecule has 100 valence electrons. The molecule has 1 atom stereocenters. The molecule has 2 aliphatic rings. The minimum Gasteiger partial charge on any atom is -0.443 e. The van der Waals surface area contributed by atoms with Crippen LogP contribution in [-0.4, -0.2) is 16.6 Å². The zero-order chi connectivity index (χ0) is 13.9. The summed E-state index contributed by atoms with van der Waals surface area (Å²) < 4.78 is 5.34. The van der Waals surface area contributed by atoms with Crippen molar-refractivity contribution < 1.29 is 9.53 Å². The highest BCUT2D eigenvalue weighted by Crippen LogP contribution is 2.22. The van der Waals surface area contributed by atoms with E-state index in [1.165, 1.54) is 10.5 Å². The molecule has 0 fully saturated rings.